The van der Waals surface area contributed by atoms with Gasteiger partial charge in [-0.05, 0) is 31.4 Å². The molecule has 0 heterocycles. The van der Waals surface area contributed by atoms with E-state index in [0.29, 0.717) is 0 Å². The minimum absolute atomic E-state index is 0.884. The lowest BCUT2D eigenvalue weighted by atomic mass is 10.0. The molecule has 1 unspecified atom stereocenters. The first kappa shape index (κ1) is 13.6. The standard InChI is InChI=1S/C15H23S/c1-4-13(2)9-8-10-14(3)16-15-11-6-5-7-12-15/h5-7,11-13H,4,8-10H2,1-3H3. The van der Waals surface area contributed by atoms with Gasteiger partial charge in [0.15, 0.2) is 0 Å². The Bertz CT molecular complexity index is 268. The molecule has 0 N–H and O–H groups in total. The summed E-state index contributed by atoms with van der Waals surface area (Å²) in [5.41, 5.74) is 0. The van der Waals surface area contributed by atoms with Crippen LogP contribution in [0.2, 0.25) is 0 Å². The molecule has 16 heavy (non-hydrogen) atoms. The highest BCUT2D eigenvalue weighted by Crippen LogP contribution is 2.32. The first-order valence-corrected chi connectivity index (χ1v) is 7.09. The Kier molecular flexibility index (Phi) is 6.63. The van der Waals surface area contributed by atoms with Crippen LogP contribution < -0.4 is 0 Å². The zero-order valence-corrected chi connectivity index (χ0v) is 11.5. The zero-order chi connectivity index (χ0) is 11.8. The van der Waals surface area contributed by atoms with Crippen molar-refractivity contribution < 1.29 is 0 Å². The van der Waals surface area contributed by atoms with Crippen LogP contribution in [0.3, 0.4) is 0 Å². The van der Waals surface area contributed by atoms with E-state index >= 15 is 0 Å². The molecule has 1 aromatic carbocycles. The lowest BCUT2D eigenvalue weighted by molar-refractivity contribution is 0.493. The number of hydrogen-bond acceptors (Lipinski definition) is 1. The highest BCUT2D eigenvalue weighted by molar-refractivity contribution is 8.02. The van der Waals surface area contributed by atoms with Crippen LogP contribution in [0, 0.1) is 11.2 Å². The quantitative estimate of drug-likeness (QED) is 0.559. The molecule has 1 rings (SSSR count). The van der Waals surface area contributed by atoms with Crippen LogP contribution in [0.5, 0.6) is 0 Å². The SMILES string of the molecule is CCC(C)CCC[C](C)Sc1ccccc1. The molecule has 0 aliphatic carbocycles. The van der Waals surface area contributed by atoms with Crippen LogP contribution in [0.25, 0.3) is 0 Å². The van der Waals surface area contributed by atoms with E-state index < -0.39 is 0 Å². The maximum Gasteiger partial charge on any atom is 0.0326 e. The van der Waals surface area contributed by atoms with Crippen LogP contribution in [0.15, 0.2) is 35.2 Å². The highest BCUT2D eigenvalue weighted by atomic mass is 32.2. The van der Waals surface area contributed by atoms with Gasteiger partial charge in [-0.25, -0.2) is 0 Å². The predicted molar refractivity (Wildman–Crippen MR) is 74.5 cm³/mol. The molecule has 0 aliphatic heterocycles. The Balaban J connectivity index is 2.19. The van der Waals surface area contributed by atoms with E-state index in [4.69, 9.17) is 0 Å². The van der Waals surface area contributed by atoms with Gasteiger partial charge in [-0.1, -0.05) is 51.3 Å². The summed E-state index contributed by atoms with van der Waals surface area (Å²) in [6.07, 6.45) is 5.26. The lowest BCUT2D eigenvalue weighted by Crippen LogP contribution is -1.93. The summed E-state index contributed by atoms with van der Waals surface area (Å²) >= 11 is 1.92. The van der Waals surface area contributed by atoms with Gasteiger partial charge in [-0.3, -0.25) is 0 Å². The van der Waals surface area contributed by atoms with Crippen LogP contribution >= 0.6 is 11.8 Å². The molecule has 89 valence electrons. The predicted octanol–water partition coefficient (Wildman–Crippen LogP) is 5.55. The van der Waals surface area contributed by atoms with Crippen LogP contribution in [-0.2, 0) is 0 Å². The summed E-state index contributed by atoms with van der Waals surface area (Å²) in [6.45, 7) is 6.88. The van der Waals surface area contributed by atoms with Crippen LogP contribution in [0.4, 0.5) is 0 Å². The van der Waals surface area contributed by atoms with E-state index in [1.807, 2.05) is 11.8 Å². The fraction of sp³-hybridized carbons (Fsp3) is 0.533. The fourth-order valence-electron chi connectivity index (χ4n) is 1.64. The summed E-state index contributed by atoms with van der Waals surface area (Å²) in [6, 6.07) is 10.7. The smallest absolute Gasteiger partial charge is 0.0326 e. The maximum absolute atomic E-state index is 2.35. The highest BCUT2D eigenvalue weighted by Gasteiger charge is 2.06. The van der Waals surface area contributed by atoms with Crippen molar-refractivity contribution in [3.05, 3.63) is 35.6 Å². The van der Waals surface area contributed by atoms with Gasteiger partial charge in [-0.2, -0.15) is 0 Å². The van der Waals surface area contributed by atoms with Crippen molar-refractivity contribution in [2.45, 2.75) is 51.3 Å². The molecule has 0 saturated heterocycles. The molecule has 1 heteroatoms. The van der Waals surface area contributed by atoms with E-state index in [9.17, 15) is 0 Å². The van der Waals surface area contributed by atoms with E-state index in [0.717, 1.165) is 5.92 Å². The Labute approximate surface area is 105 Å². The van der Waals surface area contributed by atoms with Crippen molar-refractivity contribution in [3.63, 3.8) is 0 Å². The summed E-state index contributed by atoms with van der Waals surface area (Å²) < 4.78 is 0. The van der Waals surface area contributed by atoms with Crippen molar-refractivity contribution in [1.29, 1.82) is 0 Å². The van der Waals surface area contributed by atoms with Gasteiger partial charge in [0.1, 0.15) is 0 Å². The number of benzene rings is 1. The average molecular weight is 235 g/mol. The van der Waals surface area contributed by atoms with Crippen molar-refractivity contribution in [3.8, 4) is 0 Å². The summed E-state index contributed by atoms with van der Waals surface area (Å²) in [7, 11) is 0. The first-order valence-electron chi connectivity index (χ1n) is 6.27. The third kappa shape index (κ3) is 5.60. The second-order valence-electron chi connectivity index (χ2n) is 4.52. The molecular weight excluding hydrogens is 212 g/mol. The van der Waals surface area contributed by atoms with Gasteiger partial charge in [-0.15, -0.1) is 11.8 Å². The lowest BCUT2D eigenvalue weighted by Gasteiger charge is -2.12. The molecule has 1 aromatic rings. The van der Waals surface area contributed by atoms with E-state index in [2.05, 4.69) is 51.1 Å². The Morgan fingerprint density at radius 2 is 1.94 bits per heavy atom. The second-order valence-corrected chi connectivity index (χ2v) is 5.90. The number of rotatable bonds is 7. The third-order valence-corrected chi connectivity index (χ3v) is 4.02. The average Bonchev–Trinajstić information content (AvgIpc) is 2.30. The first-order chi connectivity index (χ1) is 7.72. The topological polar surface area (TPSA) is 0 Å². The molecule has 0 spiro atoms. The van der Waals surface area contributed by atoms with Crippen molar-refractivity contribution in [2.24, 2.45) is 5.92 Å². The molecule has 0 fully saturated rings. The van der Waals surface area contributed by atoms with Gasteiger partial charge in [0, 0.05) is 10.1 Å². The number of thioether (sulfide) groups is 1. The summed E-state index contributed by atoms with van der Waals surface area (Å²) in [5, 5.41) is 1.54. The number of hydrogen-bond donors (Lipinski definition) is 0. The third-order valence-electron chi connectivity index (χ3n) is 2.96. The van der Waals surface area contributed by atoms with Gasteiger partial charge in [0.25, 0.3) is 0 Å². The molecule has 0 nitrogen and oxygen atoms in total. The Morgan fingerprint density at radius 3 is 2.56 bits per heavy atom. The van der Waals surface area contributed by atoms with Gasteiger partial charge >= 0.3 is 0 Å². The monoisotopic (exact) mass is 235 g/mol. The van der Waals surface area contributed by atoms with Crippen molar-refractivity contribution in [1.82, 2.24) is 0 Å². The minimum atomic E-state index is 0.884. The maximum atomic E-state index is 2.35. The van der Waals surface area contributed by atoms with Gasteiger partial charge < -0.3 is 0 Å². The van der Waals surface area contributed by atoms with E-state index in [1.165, 1.54) is 35.8 Å². The molecule has 1 radical (unpaired) electrons. The van der Waals surface area contributed by atoms with Crippen molar-refractivity contribution in [2.75, 3.05) is 0 Å². The Hall–Kier alpha value is -0.430. The fourth-order valence-corrected chi connectivity index (χ4v) is 2.59. The molecular formula is C15H23S. The summed E-state index contributed by atoms with van der Waals surface area (Å²) in [4.78, 5) is 1.36. The zero-order valence-electron chi connectivity index (χ0n) is 10.7. The van der Waals surface area contributed by atoms with Crippen LogP contribution in [-0.4, -0.2) is 0 Å². The largest absolute Gasteiger partial charge is 0.118 e. The second kappa shape index (κ2) is 7.78. The van der Waals surface area contributed by atoms with E-state index in [-0.39, 0.29) is 0 Å². The van der Waals surface area contributed by atoms with E-state index in [1.54, 1.807) is 0 Å². The molecule has 0 saturated carbocycles. The normalized spacial score (nSPS) is 13.0. The minimum Gasteiger partial charge on any atom is -0.118 e. The molecule has 0 aromatic heterocycles. The van der Waals surface area contributed by atoms with Crippen molar-refractivity contribution >= 4 is 11.8 Å². The van der Waals surface area contributed by atoms with Gasteiger partial charge in [0.05, 0.1) is 0 Å². The molecule has 1 atom stereocenters. The summed E-state index contributed by atoms with van der Waals surface area (Å²) in [5.74, 6) is 0.884. The molecule has 0 bridgehead atoms. The van der Waals surface area contributed by atoms with Gasteiger partial charge in [0.2, 0.25) is 0 Å². The molecule has 0 aliphatic rings. The molecule has 0 amide bonds. The Morgan fingerprint density at radius 1 is 1.25 bits per heavy atom. The van der Waals surface area contributed by atoms with Crippen LogP contribution in [0.1, 0.15) is 46.5 Å².